The third kappa shape index (κ3) is 4.09. The Morgan fingerprint density at radius 2 is 1.66 bits per heavy atom. The van der Waals surface area contributed by atoms with E-state index in [0.717, 1.165) is 15.7 Å². The minimum Gasteiger partial charge on any atom is -0.350 e. The molecular weight excluding hydrogens is 404 g/mol. The normalized spacial score (nSPS) is 11.0. The maximum Gasteiger partial charge on any atom is 0.337 e. The number of nitrogens with zero attached hydrogens (tertiary/aromatic N) is 3. The van der Waals surface area contributed by atoms with Crippen LogP contribution in [0.25, 0.3) is 16.7 Å². The number of amides is 1. The number of hydrogen-bond acceptors (Lipinski definition) is 4. The van der Waals surface area contributed by atoms with Crippen LogP contribution in [0, 0.1) is 20.8 Å². The molecule has 0 saturated heterocycles. The van der Waals surface area contributed by atoms with E-state index in [2.05, 4.69) is 10.3 Å². The zero-order valence-electron chi connectivity index (χ0n) is 18.3. The van der Waals surface area contributed by atoms with Gasteiger partial charge in [0, 0.05) is 12.2 Å². The molecular formula is C25H24N4O3. The van der Waals surface area contributed by atoms with Crippen molar-refractivity contribution in [3.05, 3.63) is 104 Å². The average Bonchev–Trinajstić information content (AvgIpc) is 2.76. The van der Waals surface area contributed by atoms with Gasteiger partial charge in [0.2, 0.25) is 5.91 Å². The van der Waals surface area contributed by atoms with Gasteiger partial charge < -0.3 is 5.32 Å². The van der Waals surface area contributed by atoms with Gasteiger partial charge >= 0.3 is 5.69 Å². The molecule has 2 aromatic heterocycles. The third-order valence-corrected chi connectivity index (χ3v) is 5.35. The minimum absolute atomic E-state index is 0.292. The van der Waals surface area contributed by atoms with Crippen LogP contribution in [0.5, 0.6) is 0 Å². The number of nitrogens with one attached hydrogen (secondary N) is 1. The Kier molecular flexibility index (Phi) is 5.73. The second-order valence-electron chi connectivity index (χ2n) is 7.89. The monoisotopic (exact) mass is 428 g/mol. The van der Waals surface area contributed by atoms with Crippen LogP contribution < -0.4 is 16.6 Å². The number of para-hydroxylation sites is 1. The van der Waals surface area contributed by atoms with Crippen molar-refractivity contribution >= 4 is 16.9 Å². The zero-order chi connectivity index (χ0) is 22.8. The summed E-state index contributed by atoms with van der Waals surface area (Å²) >= 11 is 0. The standard InChI is InChI=1S/C25H24N4O3/c1-16-9-11-19(12-10-16)14-26-21(30)15-28-24(31)22-17(2)13-18(3)27-23(22)29(25(28)32)20-7-5-4-6-8-20/h4-13H,14-15H2,1-3H3,(H,26,30). The molecule has 4 aromatic rings. The molecule has 1 amide bonds. The summed E-state index contributed by atoms with van der Waals surface area (Å²) in [4.78, 5) is 43.8. The first-order valence-electron chi connectivity index (χ1n) is 10.4. The lowest BCUT2D eigenvalue weighted by Gasteiger charge is -2.15. The summed E-state index contributed by atoms with van der Waals surface area (Å²) in [6.45, 7) is 5.55. The summed E-state index contributed by atoms with van der Waals surface area (Å²) in [5, 5.41) is 3.11. The zero-order valence-corrected chi connectivity index (χ0v) is 18.3. The van der Waals surface area contributed by atoms with Crippen molar-refractivity contribution in [2.75, 3.05) is 0 Å². The summed E-state index contributed by atoms with van der Waals surface area (Å²) in [6.07, 6.45) is 0. The summed E-state index contributed by atoms with van der Waals surface area (Å²) in [7, 11) is 0. The molecule has 0 atom stereocenters. The van der Waals surface area contributed by atoms with E-state index >= 15 is 0 Å². The number of carbonyl (C=O) groups is 1. The van der Waals surface area contributed by atoms with E-state index < -0.39 is 17.2 Å². The lowest BCUT2D eigenvalue weighted by atomic mass is 10.1. The number of aryl methyl sites for hydroxylation is 3. The minimum atomic E-state index is -0.600. The van der Waals surface area contributed by atoms with Gasteiger partial charge in [-0.1, -0.05) is 48.0 Å². The van der Waals surface area contributed by atoms with Gasteiger partial charge in [0.15, 0.2) is 5.65 Å². The molecule has 4 rings (SSSR count). The summed E-state index contributed by atoms with van der Waals surface area (Å²) in [6, 6.07) is 18.6. The molecule has 162 valence electrons. The average molecular weight is 428 g/mol. The van der Waals surface area contributed by atoms with Crippen molar-refractivity contribution in [2.24, 2.45) is 0 Å². The first-order chi connectivity index (χ1) is 15.3. The molecule has 0 aliphatic carbocycles. The molecule has 0 fully saturated rings. The van der Waals surface area contributed by atoms with Crippen molar-refractivity contribution < 1.29 is 4.79 Å². The van der Waals surface area contributed by atoms with Gasteiger partial charge in [-0.3, -0.25) is 9.59 Å². The summed E-state index contributed by atoms with van der Waals surface area (Å²) in [5.41, 5.74) is 3.22. The number of rotatable bonds is 5. The second kappa shape index (κ2) is 8.63. The van der Waals surface area contributed by atoms with Gasteiger partial charge in [-0.05, 0) is 50.1 Å². The topological polar surface area (TPSA) is 86.0 Å². The lowest BCUT2D eigenvalue weighted by molar-refractivity contribution is -0.121. The third-order valence-electron chi connectivity index (χ3n) is 5.35. The van der Waals surface area contributed by atoms with Crippen LogP contribution in [-0.4, -0.2) is 20.0 Å². The van der Waals surface area contributed by atoms with Crippen molar-refractivity contribution in [1.82, 2.24) is 19.4 Å². The van der Waals surface area contributed by atoms with E-state index in [1.165, 1.54) is 4.57 Å². The highest BCUT2D eigenvalue weighted by Gasteiger charge is 2.19. The number of pyridine rings is 1. The van der Waals surface area contributed by atoms with Crippen LogP contribution in [0.15, 0.2) is 70.3 Å². The molecule has 0 radical (unpaired) electrons. The van der Waals surface area contributed by atoms with E-state index in [1.54, 1.807) is 37.3 Å². The number of benzene rings is 2. The van der Waals surface area contributed by atoms with Crippen molar-refractivity contribution in [2.45, 2.75) is 33.9 Å². The SMILES string of the molecule is Cc1ccc(CNC(=O)Cn2c(=O)c3c(C)cc(C)nc3n(-c3ccccc3)c2=O)cc1. The lowest BCUT2D eigenvalue weighted by Crippen LogP contribution is -2.43. The molecule has 0 saturated carbocycles. The number of aromatic nitrogens is 3. The van der Waals surface area contributed by atoms with Crippen LogP contribution in [0.3, 0.4) is 0 Å². The second-order valence-corrected chi connectivity index (χ2v) is 7.89. The maximum atomic E-state index is 13.4. The van der Waals surface area contributed by atoms with Gasteiger partial charge in [-0.2, -0.15) is 0 Å². The molecule has 32 heavy (non-hydrogen) atoms. The molecule has 0 unspecified atom stereocenters. The van der Waals surface area contributed by atoms with Crippen LogP contribution in [0.4, 0.5) is 0 Å². The molecule has 0 bridgehead atoms. The quantitative estimate of drug-likeness (QED) is 0.530. The molecule has 7 heteroatoms. The molecule has 0 aliphatic heterocycles. The van der Waals surface area contributed by atoms with E-state index in [1.807, 2.05) is 44.2 Å². The molecule has 2 heterocycles. The highest BCUT2D eigenvalue weighted by atomic mass is 16.2. The Morgan fingerprint density at radius 1 is 0.969 bits per heavy atom. The molecule has 2 aromatic carbocycles. The molecule has 7 nitrogen and oxygen atoms in total. The van der Waals surface area contributed by atoms with Gasteiger partial charge in [0.25, 0.3) is 5.56 Å². The fraction of sp³-hybridized carbons (Fsp3) is 0.200. The molecule has 0 aliphatic rings. The first kappa shape index (κ1) is 21.2. The molecule has 0 spiro atoms. The van der Waals surface area contributed by atoms with Gasteiger partial charge in [0.05, 0.1) is 11.1 Å². The summed E-state index contributed by atoms with van der Waals surface area (Å²) in [5.74, 6) is -0.415. The fourth-order valence-corrected chi connectivity index (χ4v) is 3.73. The highest BCUT2D eigenvalue weighted by Crippen LogP contribution is 2.16. The Labute approximate surface area is 185 Å². The predicted octanol–water partition coefficient (Wildman–Crippen LogP) is 2.79. The Bertz CT molecular complexity index is 1420. The number of hydrogen-bond donors (Lipinski definition) is 1. The van der Waals surface area contributed by atoms with E-state index in [-0.39, 0.29) is 6.54 Å². The Hall–Kier alpha value is -4.00. The first-order valence-corrected chi connectivity index (χ1v) is 10.4. The number of carbonyl (C=O) groups excluding carboxylic acids is 1. The number of fused-ring (bicyclic) bond motifs is 1. The summed E-state index contributed by atoms with van der Waals surface area (Å²) < 4.78 is 2.37. The van der Waals surface area contributed by atoms with E-state index in [0.29, 0.717) is 34.5 Å². The van der Waals surface area contributed by atoms with E-state index in [4.69, 9.17) is 0 Å². The predicted molar refractivity (Wildman–Crippen MR) is 124 cm³/mol. The van der Waals surface area contributed by atoms with Crippen molar-refractivity contribution in [3.8, 4) is 5.69 Å². The maximum absolute atomic E-state index is 13.4. The Balaban J connectivity index is 1.78. The van der Waals surface area contributed by atoms with Gasteiger partial charge in [-0.15, -0.1) is 0 Å². The van der Waals surface area contributed by atoms with Crippen molar-refractivity contribution in [1.29, 1.82) is 0 Å². The highest BCUT2D eigenvalue weighted by molar-refractivity contribution is 5.81. The van der Waals surface area contributed by atoms with Gasteiger partial charge in [0.1, 0.15) is 6.54 Å². The van der Waals surface area contributed by atoms with Crippen LogP contribution >= 0.6 is 0 Å². The smallest absolute Gasteiger partial charge is 0.337 e. The molecule has 1 N–H and O–H groups in total. The van der Waals surface area contributed by atoms with E-state index in [9.17, 15) is 14.4 Å². The fourth-order valence-electron chi connectivity index (χ4n) is 3.73. The van der Waals surface area contributed by atoms with Crippen LogP contribution in [-0.2, 0) is 17.9 Å². The van der Waals surface area contributed by atoms with Gasteiger partial charge in [-0.25, -0.2) is 18.9 Å². The van der Waals surface area contributed by atoms with Crippen molar-refractivity contribution in [3.63, 3.8) is 0 Å². The van der Waals surface area contributed by atoms with Crippen LogP contribution in [0.1, 0.15) is 22.4 Å². The van der Waals surface area contributed by atoms with Crippen LogP contribution in [0.2, 0.25) is 0 Å². The largest absolute Gasteiger partial charge is 0.350 e. The Morgan fingerprint density at radius 3 is 2.34 bits per heavy atom.